The van der Waals surface area contributed by atoms with Crippen LogP contribution in [0, 0.1) is 5.41 Å². The lowest BCUT2D eigenvalue weighted by Crippen LogP contribution is -2.26. The summed E-state index contributed by atoms with van der Waals surface area (Å²) in [4.78, 5) is 23.4. The number of anilines is 2. The molecule has 1 aromatic rings. The molecule has 4 nitrogen and oxygen atoms in total. The van der Waals surface area contributed by atoms with Crippen LogP contribution in [0.15, 0.2) is 18.2 Å². The summed E-state index contributed by atoms with van der Waals surface area (Å²) < 4.78 is 0. The van der Waals surface area contributed by atoms with Crippen molar-refractivity contribution < 1.29 is 9.59 Å². The fourth-order valence-corrected chi connectivity index (χ4v) is 1.41. The van der Waals surface area contributed by atoms with Gasteiger partial charge in [0.05, 0.1) is 17.1 Å². The van der Waals surface area contributed by atoms with E-state index < -0.39 is 5.41 Å². The molecule has 5 heteroatoms. The number of nitrogens with one attached hydrogen (secondary N) is 1. The van der Waals surface area contributed by atoms with Gasteiger partial charge in [0.25, 0.3) is 0 Å². The highest BCUT2D eigenvalue weighted by atomic mass is 35.5. The topological polar surface area (TPSA) is 72.2 Å². The summed E-state index contributed by atoms with van der Waals surface area (Å²) in [7, 11) is 0. The monoisotopic (exact) mass is 268 g/mol. The van der Waals surface area contributed by atoms with Crippen LogP contribution in [0.25, 0.3) is 0 Å². The molecule has 3 N–H and O–H groups in total. The number of hydrogen-bond donors (Lipinski definition) is 2. The molecule has 0 aliphatic carbocycles. The molecule has 0 saturated carbocycles. The second-order valence-corrected chi connectivity index (χ2v) is 5.54. The van der Waals surface area contributed by atoms with Gasteiger partial charge in [-0.2, -0.15) is 0 Å². The van der Waals surface area contributed by atoms with Gasteiger partial charge in [-0.1, -0.05) is 32.4 Å². The molecule has 0 atom stereocenters. The summed E-state index contributed by atoms with van der Waals surface area (Å²) in [6.07, 6.45) is -0.172. The fourth-order valence-electron chi connectivity index (χ4n) is 1.24. The molecule has 0 saturated heterocycles. The van der Waals surface area contributed by atoms with Crippen molar-refractivity contribution in [2.24, 2.45) is 5.41 Å². The van der Waals surface area contributed by atoms with Crippen molar-refractivity contribution in [3.05, 3.63) is 23.2 Å². The molecule has 0 fully saturated rings. The van der Waals surface area contributed by atoms with Crippen LogP contribution in [0.4, 0.5) is 11.4 Å². The van der Waals surface area contributed by atoms with E-state index in [1.54, 1.807) is 39.0 Å². The number of carbonyl (C=O) groups excluding carboxylic acids is 2. The Morgan fingerprint density at radius 2 is 1.94 bits per heavy atom. The number of halogens is 1. The lowest BCUT2D eigenvalue weighted by molar-refractivity contribution is -0.130. The normalized spacial score (nSPS) is 11.1. The summed E-state index contributed by atoms with van der Waals surface area (Å²) >= 11 is 5.91. The minimum atomic E-state index is -0.531. The van der Waals surface area contributed by atoms with Crippen molar-refractivity contribution in [3.8, 4) is 0 Å². The summed E-state index contributed by atoms with van der Waals surface area (Å²) in [5.74, 6) is -0.512. The van der Waals surface area contributed by atoms with Crippen LogP contribution in [-0.2, 0) is 9.59 Å². The zero-order valence-corrected chi connectivity index (χ0v) is 11.5. The van der Waals surface area contributed by atoms with Gasteiger partial charge in [0.2, 0.25) is 5.91 Å². The Morgan fingerprint density at radius 3 is 2.50 bits per heavy atom. The molecule has 0 aliphatic heterocycles. The molecule has 0 heterocycles. The van der Waals surface area contributed by atoms with E-state index in [-0.39, 0.29) is 18.1 Å². The molecule has 0 bridgehead atoms. The first-order chi connectivity index (χ1) is 8.20. The minimum Gasteiger partial charge on any atom is -0.399 e. The van der Waals surface area contributed by atoms with Crippen molar-refractivity contribution in [3.63, 3.8) is 0 Å². The predicted molar refractivity (Wildman–Crippen MR) is 73.6 cm³/mol. The van der Waals surface area contributed by atoms with Crippen LogP contribution in [0.2, 0.25) is 5.02 Å². The van der Waals surface area contributed by atoms with Gasteiger partial charge in [0, 0.05) is 11.1 Å². The molecule has 0 spiro atoms. The van der Waals surface area contributed by atoms with E-state index in [9.17, 15) is 9.59 Å². The second-order valence-electron chi connectivity index (χ2n) is 5.14. The van der Waals surface area contributed by atoms with Gasteiger partial charge < -0.3 is 11.1 Å². The fraction of sp³-hybridized carbons (Fsp3) is 0.385. The SMILES string of the molecule is CC(C)(C)C(=O)CC(=O)Nc1cc(N)ccc1Cl. The minimum absolute atomic E-state index is 0.125. The van der Waals surface area contributed by atoms with Gasteiger partial charge in [-0.05, 0) is 18.2 Å². The third-order valence-corrected chi connectivity index (χ3v) is 2.75. The number of ketones is 1. The standard InChI is InChI=1S/C13H17ClN2O2/c1-13(2,3)11(17)7-12(18)16-10-6-8(15)4-5-9(10)14/h4-6H,7,15H2,1-3H3,(H,16,18). The van der Waals surface area contributed by atoms with Crippen LogP contribution in [0.1, 0.15) is 27.2 Å². The Bertz CT molecular complexity index is 478. The number of Topliss-reactive ketones (excluding diaryl/α,β-unsaturated/α-hetero) is 1. The molecule has 0 unspecified atom stereocenters. The Balaban J connectivity index is 2.71. The summed E-state index contributed by atoms with van der Waals surface area (Å²) in [5, 5.41) is 2.97. The molecule has 1 rings (SSSR count). The Morgan fingerprint density at radius 1 is 1.33 bits per heavy atom. The number of carbonyl (C=O) groups is 2. The van der Waals surface area contributed by atoms with Gasteiger partial charge in [-0.15, -0.1) is 0 Å². The van der Waals surface area contributed by atoms with Crippen LogP contribution in [0.3, 0.4) is 0 Å². The van der Waals surface area contributed by atoms with Gasteiger partial charge in [0.1, 0.15) is 5.78 Å². The zero-order valence-electron chi connectivity index (χ0n) is 10.7. The number of nitrogens with two attached hydrogens (primary N) is 1. The third kappa shape index (κ3) is 4.04. The highest BCUT2D eigenvalue weighted by Crippen LogP contribution is 2.24. The van der Waals surface area contributed by atoms with E-state index in [0.717, 1.165) is 0 Å². The Kier molecular flexibility index (Phi) is 4.35. The Labute approximate surface area is 112 Å². The smallest absolute Gasteiger partial charge is 0.231 e. The zero-order chi connectivity index (χ0) is 13.9. The van der Waals surface area contributed by atoms with Crippen LogP contribution >= 0.6 is 11.6 Å². The van der Waals surface area contributed by atoms with Crippen molar-refractivity contribution in [2.45, 2.75) is 27.2 Å². The molecule has 18 heavy (non-hydrogen) atoms. The number of rotatable bonds is 3. The van der Waals surface area contributed by atoms with Crippen molar-refractivity contribution >= 4 is 34.7 Å². The molecule has 1 aromatic carbocycles. The number of benzene rings is 1. The van der Waals surface area contributed by atoms with Gasteiger partial charge in [0.15, 0.2) is 0 Å². The largest absolute Gasteiger partial charge is 0.399 e. The molecule has 0 aliphatic rings. The lowest BCUT2D eigenvalue weighted by Gasteiger charge is -2.16. The first-order valence-electron chi connectivity index (χ1n) is 5.58. The summed E-state index contributed by atoms with van der Waals surface area (Å²) in [6.45, 7) is 5.32. The summed E-state index contributed by atoms with van der Waals surface area (Å²) in [5.41, 5.74) is 5.98. The van der Waals surface area contributed by atoms with E-state index >= 15 is 0 Å². The molecule has 0 aromatic heterocycles. The number of hydrogen-bond acceptors (Lipinski definition) is 3. The average Bonchev–Trinajstić information content (AvgIpc) is 2.22. The Hall–Kier alpha value is -1.55. The van der Waals surface area contributed by atoms with Crippen molar-refractivity contribution in [1.29, 1.82) is 0 Å². The van der Waals surface area contributed by atoms with Crippen LogP contribution in [0.5, 0.6) is 0 Å². The summed E-state index contributed by atoms with van der Waals surface area (Å²) in [6, 6.07) is 4.79. The maximum atomic E-state index is 11.7. The van der Waals surface area contributed by atoms with E-state index in [1.807, 2.05) is 0 Å². The highest BCUT2D eigenvalue weighted by molar-refractivity contribution is 6.34. The predicted octanol–water partition coefficient (Wildman–Crippen LogP) is 2.87. The van der Waals surface area contributed by atoms with Gasteiger partial charge in [-0.3, -0.25) is 9.59 Å². The molecular weight excluding hydrogens is 252 g/mol. The van der Waals surface area contributed by atoms with E-state index in [4.69, 9.17) is 17.3 Å². The lowest BCUT2D eigenvalue weighted by atomic mass is 9.89. The maximum absolute atomic E-state index is 11.7. The average molecular weight is 269 g/mol. The molecular formula is C13H17ClN2O2. The van der Waals surface area contributed by atoms with E-state index in [0.29, 0.717) is 16.4 Å². The maximum Gasteiger partial charge on any atom is 0.231 e. The van der Waals surface area contributed by atoms with Crippen molar-refractivity contribution in [1.82, 2.24) is 0 Å². The van der Waals surface area contributed by atoms with Gasteiger partial charge in [-0.25, -0.2) is 0 Å². The number of amides is 1. The van der Waals surface area contributed by atoms with Crippen LogP contribution < -0.4 is 11.1 Å². The number of nitrogen functional groups attached to an aromatic ring is 1. The first-order valence-corrected chi connectivity index (χ1v) is 5.96. The molecule has 1 amide bonds. The second kappa shape index (κ2) is 5.40. The van der Waals surface area contributed by atoms with E-state index in [1.165, 1.54) is 0 Å². The van der Waals surface area contributed by atoms with Gasteiger partial charge >= 0.3 is 0 Å². The van der Waals surface area contributed by atoms with E-state index in [2.05, 4.69) is 5.32 Å². The third-order valence-electron chi connectivity index (χ3n) is 2.42. The van der Waals surface area contributed by atoms with Crippen molar-refractivity contribution in [2.75, 3.05) is 11.1 Å². The first kappa shape index (κ1) is 14.5. The molecule has 0 radical (unpaired) electrons. The van der Waals surface area contributed by atoms with Crippen LogP contribution in [-0.4, -0.2) is 11.7 Å². The highest BCUT2D eigenvalue weighted by Gasteiger charge is 2.23. The quantitative estimate of drug-likeness (QED) is 0.654. The molecule has 98 valence electrons.